The van der Waals surface area contributed by atoms with Gasteiger partial charge >= 0.3 is 0 Å². The summed E-state index contributed by atoms with van der Waals surface area (Å²) < 4.78 is 0. The van der Waals surface area contributed by atoms with Crippen molar-refractivity contribution >= 4 is 58.8 Å². The zero-order valence-corrected chi connectivity index (χ0v) is 18.0. The Labute approximate surface area is 185 Å². The van der Waals surface area contributed by atoms with E-state index in [1.807, 2.05) is 0 Å². The van der Waals surface area contributed by atoms with Gasteiger partial charge in [0.1, 0.15) is 29.8 Å². The van der Waals surface area contributed by atoms with E-state index in [0.717, 1.165) is 34.6 Å². The number of carbonyl (C=O) groups is 10. The molecule has 0 aliphatic heterocycles. The van der Waals surface area contributed by atoms with Gasteiger partial charge in [-0.1, -0.05) is 0 Å². The summed E-state index contributed by atoms with van der Waals surface area (Å²) in [6.07, 6.45) is 0. The smallest absolute Gasteiger partial charge is 0.175 e. The summed E-state index contributed by atoms with van der Waals surface area (Å²) in [4.78, 5) is 93.6. The Kier molecular flexibility index (Phi) is 32.6. The van der Waals surface area contributed by atoms with Crippen molar-refractivity contribution in [3.05, 3.63) is 0 Å². The van der Waals surface area contributed by atoms with E-state index in [4.69, 9.17) is 0 Å². The molecule has 0 aromatic carbocycles. The second kappa shape index (κ2) is 24.3. The number of aliphatic carboxylic acids is 5. The fraction of sp³-hybridized carbons (Fsp3) is 0.333. The topological polar surface area (TPSA) is 286 Å². The SMILES string of the molecule is CC(=O)C(=O)[O-].CC(=O)C(=O)[O-].CC(=O)C(=O)[O-].CC(=O)C(=O)[O-].CC(=O)C(=O)[O-].[V]. The van der Waals surface area contributed by atoms with Gasteiger partial charge < -0.3 is 49.5 Å². The fourth-order valence-corrected chi connectivity index (χ4v) is 0. The zero-order chi connectivity index (χ0) is 25.8. The van der Waals surface area contributed by atoms with Crippen molar-refractivity contribution in [3.63, 3.8) is 0 Å². The van der Waals surface area contributed by atoms with Crippen LogP contribution in [0.15, 0.2) is 0 Å². The number of hydrogen-bond acceptors (Lipinski definition) is 15. The summed E-state index contributed by atoms with van der Waals surface area (Å²) >= 11 is 0. The molecule has 16 heteroatoms. The molecule has 0 rings (SSSR count). The van der Waals surface area contributed by atoms with Crippen LogP contribution >= 0.6 is 0 Å². The molecule has 0 fully saturated rings. The summed E-state index contributed by atoms with van der Waals surface area (Å²) in [6, 6.07) is 0. The molecule has 0 aliphatic carbocycles. The summed E-state index contributed by atoms with van der Waals surface area (Å²) in [7, 11) is 0. The largest absolute Gasteiger partial charge is 0.542 e. The Morgan fingerprint density at radius 3 is 0.355 bits per heavy atom. The van der Waals surface area contributed by atoms with Crippen LogP contribution in [0.25, 0.3) is 0 Å². The van der Waals surface area contributed by atoms with Gasteiger partial charge in [-0.05, 0) is 0 Å². The molecule has 0 amide bonds. The van der Waals surface area contributed by atoms with Crippen molar-refractivity contribution in [2.75, 3.05) is 0 Å². The summed E-state index contributed by atoms with van der Waals surface area (Å²) in [5.74, 6) is -12.8. The average Bonchev–Trinajstić information content (AvgIpc) is 2.56. The first-order valence-electron chi connectivity index (χ1n) is 6.81. The molecule has 0 saturated carbocycles. The van der Waals surface area contributed by atoms with Gasteiger partial charge in [0.15, 0.2) is 28.9 Å². The van der Waals surface area contributed by atoms with Crippen molar-refractivity contribution in [1.82, 2.24) is 0 Å². The van der Waals surface area contributed by atoms with Crippen LogP contribution in [0.3, 0.4) is 0 Å². The van der Waals surface area contributed by atoms with Crippen LogP contribution in [0, 0.1) is 0 Å². The van der Waals surface area contributed by atoms with Gasteiger partial charge in [-0.25, -0.2) is 0 Å². The van der Waals surface area contributed by atoms with Crippen molar-refractivity contribution in [1.29, 1.82) is 0 Å². The quantitative estimate of drug-likeness (QED) is 0.326. The minimum absolute atomic E-state index is 0. The standard InChI is InChI=1S/5C3H4O3.V/c5*1-2(4)3(5)6;/h5*1H3,(H,5,6);/p-5. The average molecular weight is 486 g/mol. The van der Waals surface area contributed by atoms with Crippen LogP contribution in [0.4, 0.5) is 0 Å². The van der Waals surface area contributed by atoms with Gasteiger partial charge in [-0.15, -0.1) is 0 Å². The second-order valence-corrected chi connectivity index (χ2v) is 4.22. The molecule has 0 heterocycles. The maximum atomic E-state index is 9.48. The molecule has 0 N–H and O–H groups in total. The molecule has 0 saturated heterocycles. The molecule has 175 valence electrons. The zero-order valence-electron chi connectivity index (χ0n) is 16.6. The van der Waals surface area contributed by atoms with E-state index in [1.54, 1.807) is 0 Å². The number of carbonyl (C=O) groups excluding carboxylic acids is 10. The predicted octanol–water partition coefficient (Wildman–Crippen LogP) is -8.38. The minimum Gasteiger partial charge on any atom is -0.542 e. The molecule has 1 radical (unpaired) electrons. The molecule has 0 aliphatic rings. The van der Waals surface area contributed by atoms with Gasteiger partial charge in [0, 0.05) is 53.2 Å². The normalized spacial score (nSPS) is 7.26. The number of hydrogen-bond donors (Lipinski definition) is 0. The first-order chi connectivity index (χ1) is 13.2. The Morgan fingerprint density at radius 2 is 0.355 bits per heavy atom. The molecule has 0 bridgehead atoms. The number of carboxylic acids is 5. The number of ketones is 5. The number of carboxylic acid groups (broad SMARTS) is 5. The molecule has 0 spiro atoms. The van der Waals surface area contributed by atoms with Crippen LogP contribution in [0.1, 0.15) is 34.6 Å². The molecule has 0 unspecified atom stereocenters. The van der Waals surface area contributed by atoms with Crippen molar-refractivity contribution in [3.8, 4) is 0 Å². The Bertz CT molecular complexity index is 506. The van der Waals surface area contributed by atoms with E-state index in [9.17, 15) is 73.5 Å². The van der Waals surface area contributed by atoms with E-state index in [2.05, 4.69) is 0 Å². The van der Waals surface area contributed by atoms with E-state index in [-0.39, 0.29) is 18.6 Å². The third-order valence-corrected chi connectivity index (χ3v) is 1.44. The van der Waals surface area contributed by atoms with Crippen LogP contribution in [0.5, 0.6) is 0 Å². The molecule has 0 aromatic rings. The molecule has 0 atom stereocenters. The van der Waals surface area contributed by atoms with Gasteiger partial charge in [0.25, 0.3) is 0 Å². The third kappa shape index (κ3) is 58.5. The van der Waals surface area contributed by atoms with E-state index in [0.29, 0.717) is 0 Å². The summed E-state index contributed by atoms with van der Waals surface area (Å²) in [6.45, 7) is 4.70. The van der Waals surface area contributed by atoms with E-state index in [1.165, 1.54) is 0 Å². The minimum atomic E-state index is -1.63. The van der Waals surface area contributed by atoms with Gasteiger partial charge in [0.2, 0.25) is 0 Å². The monoisotopic (exact) mass is 486 g/mol. The van der Waals surface area contributed by atoms with E-state index < -0.39 is 58.8 Å². The molecule has 15 nitrogen and oxygen atoms in total. The first kappa shape index (κ1) is 41.6. The Balaban J connectivity index is -0.0000000625. The summed E-state index contributed by atoms with van der Waals surface area (Å²) in [5.41, 5.74) is 0. The van der Waals surface area contributed by atoms with Gasteiger partial charge in [-0.3, -0.25) is 24.0 Å². The van der Waals surface area contributed by atoms with Crippen LogP contribution in [-0.2, 0) is 66.5 Å². The molecule has 0 aromatic heterocycles. The predicted molar refractivity (Wildman–Crippen MR) is 78.4 cm³/mol. The van der Waals surface area contributed by atoms with Crippen LogP contribution in [-0.4, -0.2) is 58.8 Å². The molecular weight excluding hydrogens is 471 g/mol. The summed E-state index contributed by atoms with van der Waals surface area (Å²) in [5, 5.41) is 46.2. The van der Waals surface area contributed by atoms with Crippen LogP contribution in [0.2, 0.25) is 0 Å². The maximum absolute atomic E-state index is 9.48. The Hall–Kier alpha value is -3.72. The number of Topliss-reactive ketones (excluding diaryl/α,β-unsaturated/α-hetero) is 5. The van der Waals surface area contributed by atoms with Crippen molar-refractivity contribution < 1.29 is 92.0 Å². The second-order valence-electron chi connectivity index (χ2n) is 4.22. The fourth-order valence-electron chi connectivity index (χ4n) is 0. The van der Waals surface area contributed by atoms with E-state index >= 15 is 0 Å². The number of rotatable bonds is 5. The molecule has 31 heavy (non-hydrogen) atoms. The first-order valence-corrected chi connectivity index (χ1v) is 6.81. The van der Waals surface area contributed by atoms with Gasteiger partial charge in [0.05, 0.1) is 0 Å². The van der Waals surface area contributed by atoms with Crippen LogP contribution < -0.4 is 25.5 Å². The molecular formula is C15H15O15V-5. The van der Waals surface area contributed by atoms with Crippen molar-refractivity contribution in [2.24, 2.45) is 0 Å². The third-order valence-electron chi connectivity index (χ3n) is 1.44. The van der Waals surface area contributed by atoms with Gasteiger partial charge in [-0.2, -0.15) is 0 Å². The Morgan fingerprint density at radius 1 is 0.323 bits per heavy atom. The van der Waals surface area contributed by atoms with Crippen molar-refractivity contribution in [2.45, 2.75) is 34.6 Å². The maximum Gasteiger partial charge on any atom is 0.175 e.